The molecule has 0 saturated heterocycles. The minimum atomic E-state index is -0.615. The lowest BCUT2D eigenvalue weighted by molar-refractivity contribution is -0.118. The minimum Gasteiger partial charge on any atom is -0.497 e. The van der Waals surface area contributed by atoms with Gasteiger partial charge in [0, 0.05) is 47.1 Å². The number of hydrogen-bond acceptors (Lipinski definition) is 12. The Morgan fingerprint density at radius 1 is 0.489 bits per heavy atom. The summed E-state index contributed by atoms with van der Waals surface area (Å²) in [7, 11) is 3.25. The third kappa shape index (κ3) is 12.4. The highest BCUT2D eigenvalue weighted by atomic mass is 32.1. The van der Waals surface area contributed by atoms with Gasteiger partial charge in [-0.05, 0) is 117 Å². The maximum atomic E-state index is 12.5. The fourth-order valence-corrected chi connectivity index (χ4v) is 13.7. The summed E-state index contributed by atoms with van der Waals surface area (Å²) >= 11 is 2.85. The number of ether oxygens (including phenoxy) is 4. The lowest BCUT2D eigenvalue weighted by Gasteiger charge is -2.24. The molecule has 0 unspecified atom stereocenters. The number of methoxy groups -OCH3 is 2. The number of unbranched alkanes of at least 4 members (excludes halogenated alkanes) is 2. The molecule has 0 radical (unpaired) electrons. The van der Waals surface area contributed by atoms with Crippen molar-refractivity contribution in [1.29, 1.82) is 10.5 Å². The van der Waals surface area contributed by atoms with E-state index >= 15 is 0 Å². The second kappa shape index (κ2) is 27.3. The van der Waals surface area contributed by atoms with Crippen molar-refractivity contribution in [3.8, 4) is 57.7 Å². The summed E-state index contributed by atoms with van der Waals surface area (Å²) in [4.78, 5) is 34.2. The zero-order valence-corrected chi connectivity index (χ0v) is 51.6. The largest absolute Gasteiger partial charge is 0.497 e. The number of ketones is 1. The first-order valence-electron chi connectivity index (χ1n) is 29.8. The van der Waals surface area contributed by atoms with E-state index in [0.717, 1.165) is 42.4 Å². The number of rotatable bonds is 24. The van der Waals surface area contributed by atoms with Gasteiger partial charge in [0.25, 0.3) is 0 Å². The molecule has 4 aromatic heterocycles. The monoisotopic (exact) mass is 1220 g/mol. The first-order chi connectivity index (χ1) is 44.1. The van der Waals surface area contributed by atoms with Crippen LogP contribution in [0.3, 0.4) is 0 Å². The molecule has 4 heterocycles. The second-order valence-electron chi connectivity index (χ2n) is 21.8. The Labute approximate surface area is 530 Å². The summed E-state index contributed by atoms with van der Waals surface area (Å²) in [6, 6.07) is 74.4. The van der Waals surface area contributed by atoms with E-state index < -0.39 is 13.7 Å². The van der Waals surface area contributed by atoms with E-state index in [2.05, 4.69) is 81.8 Å². The van der Waals surface area contributed by atoms with Crippen molar-refractivity contribution in [3.05, 3.63) is 227 Å². The first kappa shape index (κ1) is 59.9. The van der Waals surface area contributed by atoms with Gasteiger partial charge >= 0.3 is 13.7 Å². The quantitative estimate of drug-likeness (QED) is 0.0452. The van der Waals surface area contributed by atoms with E-state index in [1.54, 1.807) is 21.1 Å². The molecule has 442 valence electrons. The van der Waals surface area contributed by atoms with Crippen LogP contribution in [-0.4, -0.2) is 71.7 Å². The van der Waals surface area contributed by atoms with Crippen LogP contribution in [0, 0.1) is 22.7 Å². The summed E-state index contributed by atoms with van der Waals surface area (Å²) in [5.74, 6) is 2.31. The topological polar surface area (TPSA) is 180 Å². The molecular formula is C73H61B2N7O6S2. The Hall–Kier alpha value is -10.5. The van der Waals surface area contributed by atoms with Crippen LogP contribution in [0.1, 0.15) is 55.5 Å². The molecule has 1 amide bonds. The number of carbonyl (C=O) groups excluding carboxylic acids is 2. The number of nitriles is 2. The summed E-state index contributed by atoms with van der Waals surface area (Å²) in [5, 5.41) is 28.4. The standard InChI is InChI=1S/C73H61B2N7O6S2/c1-48(83)20-16-18-42-87-55-34-30-49(31-35-55)68-66-67(71(60(47-77)73-80-62-45-58(86-3)39-41-64(62)90-73)81(68)74(51-21-8-4-9-22-51)52-23-10-5-11-24-52)69(50-32-36-56(37-33-50)88-43-19-17-29-65(78)84)82(75(53-25-12-6-13-26-53)54-27-14-7-15-28-54)70(66)59(46-76)72-79-61-44-57(85-2)38-40-63(61)89-72/h4-15,21-28,30-41,44-45H,16-20,29,42-43H2,1-3H3,(H2,78,84)/b70-59-,71-60-. The fourth-order valence-electron chi connectivity index (χ4n) is 11.9. The highest BCUT2D eigenvalue weighted by Gasteiger charge is 2.38. The molecule has 0 fully saturated rings. The smallest absolute Gasteiger partial charge is 0.328 e. The van der Waals surface area contributed by atoms with E-state index in [9.17, 15) is 20.1 Å². The van der Waals surface area contributed by atoms with Crippen molar-refractivity contribution in [2.75, 3.05) is 27.4 Å². The van der Waals surface area contributed by atoms with E-state index in [1.807, 2.05) is 146 Å². The van der Waals surface area contributed by atoms with Crippen molar-refractivity contribution in [3.63, 3.8) is 0 Å². The molecule has 90 heavy (non-hydrogen) atoms. The number of primary amides is 1. The van der Waals surface area contributed by atoms with Crippen LogP contribution in [0.4, 0.5) is 0 Å². The molecule has 0 aliphatic heterocycles. The molecule has 0 bridgehead atoms. The number of nitrogens with two attached hydrogens (primary N) is 1. The highest BCUT2D eigenvalue weighted by molar-refractivity contribution is 7.20. The number of thiazole rings is 2. The maximum absolute atomic E-state index is 12.5. The van der Waals surface area contributed by atoms with Gasteiger partial charge in [0.15, 0.2) is 0 Å². The number of amides is 1. The Bertz CT molecular complexity index is 4410. The second-order valence-corrected chi connectivity index (χ2v) is 23.9. The van der Waals surface area contributed by atoms with Gasteiger partial charge in [0.05, 0.1) is 58.6 Å². The SMILES string of the molecule is COc1ccc2sc(/C(C#N)=c3/c4c(-c5ccc(OCCCCC(N)=O)cc5)n(B(c5ccccc5)c5ccccc5)/c(=C(/C#N)c5nc6cc(OC)ccc6s5)c4c(-c4ccc(OCCCCC(C)=O)cc4)n3B(c3ccccc3)c3ccccc3)nc2c1. The van der Waals surface area contributed by atoms with Crippen LogP contribution in [-0.2, 0) is 9.59 Å². The van der Waals surface area contributed by atoms with Crippen LogP contribution < -0.4 is 57.2 Å². The van der Waals surface area contributed by atoms with E-state index in [4.69, 9.17) is 34.6 Å². The number of aromatic nitrogens is 4. The summed E-state index contributed by atoms with van der Waals surface area (Å²) in [6.45, 7) is 1.16. The average molecular weight is 1220 g/mol. The minimum absolute atomic E-state index is 0.143. The average Bonchev–Trinajstić information content (AvgIpc) is 1.52. The third-order valence-corrected chi connectivity index (χ3v) is 18.1. The number of carbonyl (C=O) groups is 2. The zero-order chi connectivity index (χ0) is 62.1. The van der Waals surface area contributed by atoms with Crippen molar-refractivity contribution in [1.82, 2.24) is 18.9 Å². The molecule has 0 aliphatic rings. The van der Waals surface area contributed by atoms with Crippen molar-refractivity contribution in [2.24, 2.45) is 5.73 Å². The van der Waals surface area contributed by atoms with Crippen LogP contribution >= 0.6 is 22.7 Å². The predicted molar refractivity (Wildman–Crippen MR) is 364 cm³/mol. The van der Waals surface area contributed by atoms with Crippen molar-refractivity contribution >= 4 is 112 Å². The molecule has 17 heteroatoms. The van der Waals surface area contributed by atoms with Gasteiger partial charge in [-0.25, -0.2) is 9.97 Å². The lowest BCUT2D eigenvalue weighted by atomic mass is 9.50. The molecule has 12 rings (SSSR count). The molecule has 12 aromatic rings. The van der Waals surface area contributed by atoms with Crippen LogP contribution in [0.5, 0.6) is 23.0 Å². The van der Waals surface area contributed by atoms with Gasteiger partial charge in [-0.1, -0.05) is 143 Å². The van der Waals surface area contributed by atoms with Gasteiger partial charge in [-0.15, -0.1) is 22.7 Å². The fraction of sp³-hybridized carbons (Fsp3) is 0.151. The molecule has 0 atom stereocenters. The van der Waals surface area contributed by atoms with Gasteiger partial charge in [-0.2, -0.15) is 10.5 Å². The maximum Gasteiger partial charge on any atom is 0.328 e. The van der Waals surface area contributed by atoms with Gasteiger partial charge in [-0.3, -0.25) is 4.79 Å². The van der Waals surface area contributed by atoms with Gasteiger partial charge in [0.1, 0.15) is 62.1 Å². The van der Waals surface area contributed by atoms with Crippen molar-refractivity contribution in [2.45, 2.75) is 45.4 Å². The predicted octanol–water partition coefficient (Wildman–Crippen LogP) is 10.9. The molecule has 8 aromatic carbocycles. The molecule has 0 saturated carbocycles. The van der Waals surface area contributed by atoms with Crippen molar-refractivity contribution < 1.29 is 28.5 Å². The summed E-state index contributed by atoms with van der Waals surface area (Å²) < 4.78 is 30.6. The van der Waals surface area contributed by atoms with E-state index in [0.29, 0.717) is 133 Å². The van der Waals surface area contributed by atoms with E-state index in [1.165, 1.54) is 22.7 Å². The number of benzene rings is 8. The lowest BCUT2D eigenvalue weighted by Crippen LogP contribution is -2.54. The zero-order valence-electron chi connectivity index (χ0n) is 50.0. The van der Waals surface area contributed by atoms with Crippen LogP contribution in [0.25, 0.3) is 64.9 Å². The molecule has 13 nitrogen and oxygen atoms in total. The highest BCUT2D eigenvalue weighted by Crippen LogP contribution is 2.39. The Morgan fingerprint density at radius 2 is 0.844 bits per heavy atom. The molecule has 0 spiro atoms. The normalized spacial score (nSPS) is 11.9. The number of fused-ring (bicyclic) bond motifs is 3. The molecule has 0 aliphatic carbocycles. The Morgan fingerprint density at radius 3 is 1.18 bits per heavy atom. The number of Topliss-reactive ketones (excluding diaryl/α,β-unsaturated/α-hetero) is 1. The van der Waals surface area contributed by atoms with Crippen LogP contribution in [0.2, 0.25) is 0 Å². The first-order valence-corrected chi connectivity index (χ1v) is 31.5. The molecule has 2 N–H and O–H groups in total. The van der Waals surface area contributed by atoms with E-state index in [-0.39, 0.29) is 18.1 Å². The molecular weight excluding hydrogens is 1160 g/mol. The van der Waals surface area contributed by atoms with Gasteiger partial charge in [0.2, 0.25) is 5.91 Å². The summed E-state index contributed by atoms with van der Waals surface area (Å²) in [5.41, 5.74) is 14.1. The summed E-state index contributed by atoms with van der Waals surface area (Å²) in [6.07, 6.45) is 3.39. The number of nitrogens with zero attached hydrogens (tertiary/aromatic N) is 6. The Kier molecular flexibility index (Phi) is 18.2. The van der Waals surface area contributed by atoms with Crippen LogP contribution in [0.15, 0.2) is 206 Å². The van der Waals surface area contributed by atoms with Gasteiger partial charge < -0.3 is 38.4 Å². The number of hydrogen-bond donors (Lipinski definition) is 1. The Balaban J connectivity index is 1.33. The third-order valence-electron chi connectivity index (χ3n) is 16.0.